The van der Waals surface area contributed by atoms with Crippen LogP contribution in [-0.2, 0) is 9.59 Å². The highest BCUT2D eigenvalue weighted by atomic mass is 32.2. The first-order valence-corrected chi connectivity index (χ1v) is 9.61. The Bertz CT molecular complexity index is 929. The summed E-state index contributed by atoms with van der Waals surface area (Å²) >= 11 is 1.66. The van der Waals surface area contributed by atoms with Crippen LogP contribution in [0.3, 0.4) is 0 Å². The smallest absolute Gasteiger partial charge is 0.308 e. The summed E-state index contributed by atoms with van der Waals surface area (Å²) in [5.41, 5.74) is 6.23. The van der Waals surface area contributed by atoms with Crippen molar-refractivity contribution in [1.29, 1.82) is 0 Å². The minimum Gasteiger partial charge on any atom is -0.422 e. The lowest BCUT2D eigenvalue weighted by molar-refractivity contribution is -0.134. The first kappa shape index (κ1) is 21.0. The van der Waals surface area contributed by atoms with E-state index in [0.717, 1.165) is 21.6 Å². The van der Waals surface area contributed by atoms with Crippen LogP contribution in [0, 0.1) is 41.5 Å². The van der Waals surface area contributed by atoms with E-state index in [1.807, 2.05) is 20.8 Å². The van der Waals surface area contributed by atoms with Crippen LogP contribution >= 0.6 is 11.8 Å². The Hall–Kier alpha value is -2.27. The molecule has 0 N–H and O–H groups in total. The molecule has 0 aliphatic rings. The van der Waals surface area contributed by atoms with Crippen molar-refractivity contribution in [2.75, 3.05) is 0 Å². The molecule has 0 aliphatic heterocycles. The molecule has 0 fully saturated rings. The highest BCUT2D eigenvalue weighted by Crippen LogP contribution is 2.46. The molecule has 144 valence electrons. The van der Waals surface area contributed by atoms with Gasteiger partial charge >= 0.3 is 11.9 Å². The van der Waals surface area contributed by atoms with E-state index >= 15 is 0 Å². The third kappa shape index (κ3) is 4.35. The zero-order valence-corrected chi connectivity index (χ0v) is 18.0. The van der Waals surface area contributed by atoms with Gasteiger partial charge in [-0.15, -0.1) is 0 Å². The minimum absolute atomic E-state index is 0.311. The van der Waals surface area contributed by atoms with Gasteiger partial charge in [0.25, 0.3) is 0 Å². The van der Waals surface area contributed by atoms with Gasteiger partial charge in [-0.25, -0.2) is 0 Å². The molecule has 2 aromatic carbocycles. The number of hydrogen-bond donors (Lipinski definition) is 0. The first-order valence-electron chi connectivity index (χ1n) is 8.79. The van der Waals surface area contributed by atoms with Gasteiger partial charge in [0.15, 0.2) is 11.5 Å². The fourth-order valence-electron chi connectivity index (χ4n) is 2.94. The van der Waals surface area contributed by atoms with Crippen molar-refractivity contribution in [1.82, 2.24) is 0 Å². The first-order chi connectivity index (χ1) is 12.5. The molecule has 0 radical (unpaired) electrons. The maximum Gasteiger partial charge on any atom is 0.308 e. The Morgan fingerprint density at radius 1 is 0.667 bits per heavy atom. The molecule has 0 bridgehead atoms. The third-order valence-corrected chi connectivity index (χ3v) is 6.35. The molecular weight excluding hydrogens is 360 g/mol. The van der Waals surface area contributed by atoms with Gasteiger partial charge in [0, 0.05) is 29.2 Å². The third-order valence-electron chi connectivity index (χ3n) is 4.70. The fraction of sp³-hybridized carbons (Fsp3) is 0.364. The van der Waals surface area contributed by atoms with E-state index < -0.39 is 11.9 Å². The zero-order chi connectivity index (χ0) is 20.5. The molecule has 0 unspecified atom stereocenters. The van der Waals surface area contributed by atoms with Crippen molar-refractivity contribution < 1.29 is 19.1 Å². The SMILES string of the molecule is CC(=O)Oc1c(C)c(C)c(Sc2c(C)ccc(C)c2C)c(C)c1OC(C)=O. The lowest BCUT2D eigenvalue weighted by Crippen LogP contribution is -2.11. The number of carbonyl (C=O) groups excluding carboxylic acids is 2. The van der Waals surface area contributed by atoms with Gasteiger partial charge in [-0.1, -0.05) is 23.9 Å². The molecule has 2 rings (SSSR count). The van der Waals surface area contributed by atoms with Crippen LogP contribution in [0.15, 0.2) is 21.9 Å². The Morgan fingerprint density at radius 2 is 1.15 bits per heavy atom. The Balaban J connectivity index is 2.71. The molecule has 0 saturated heterocycles. The average molecular weight is 387 g/mol. The number of ether oxygens (including phenoxy) is 2. The summed E-state index contributed by atoms with van der Waals surface area (Å²) in [5.74, 6) is -0.273. The van der Waals surface area contributed by atoms with Gasteiger partial charge in [0.05, 0.1) is 0 Å². The molecule has 4 nitrogen and oxygen atoms in total. The predicted molar refractivity (Wildman–Crippen MR) is 108 cm³/mol. The minimum atomic E-state index is -0.450. The summed E-state index contributed by atoms with van der Waals surface area (Å²) in [4.78, 5) is 25.4. The molecule has 0 aliphatic carbocycles. The largest absolute Gasteiger partial charge is 0.422 e. The molecular formula is C22H26O4S. The van der Waals surface area contributed by atoms with Crippen LogP contribution in [0.4, 0.5) is 0 Å². The number of esters is 2. The summed E-state index contributed by atoms with van der Waals surface area (Å²) in [6.45, 7) is 14.7. The molecule has 0 atom stereocenters. The second kappa shape index (κ2) is 8.17. The van der Waals surface area contributed by atoms with Gasteiger partial charge in [0.1, 0.15) is 0 Å². The second-order valence-corrected chi connectivity index (χ2v) is 7.83. The van der Waals surface area contributed by atoms with Crippen molar-refractivity contribution in [3.63, 3.8) is 0 Å². The van der Waals surface area contributed by atoms with E-state index in [4.69, 9.17) is 9.47 Å². The number of rotatable bonds is 4. The van der Waals surface area contributed by atoms with Crippen LogP contribution in [0.25, 0.3) is 0 Å². The molecule has 27 heavy (non-hydrogen) atoms. The van der Waals surface area contributed by atoms with Crippen molar-refractivity contribution in [3.8, 4) is 11.5 Å². The number of aryl methyl sites for hydroxylation is 2. The summed E-state index contributed by atoms with van der Waals surface area (Å²) in [6.07, 6.45) is 0. The van der Waals surface area contributed by atoms with E-state index in [1.54, 1.807) is 11.8 Å². The number of benzene rings is 2. The second-order valence-electron chi connectivity index (χ2n) is 6.81. The van der Waals surface area contributed by atoms with Crippen LogP contribution < -0.4 is 9.47 Å². The molecule has 0 aromatic heterocycles. The average Bonchev–Trinajstić information content (AvgIpc) is 2.58. The topological polar surface area (TPSA) is 52.6 Å². The molecule has 2 aromatic rings. The molecule has 0 heterocycles. The van der Waals surface area contributed by atoms with Crippen molar-refractivity contribution in [2.24, 2.45) is 0 Å². The molecule has 0 amide bonds. The summed E-state index contributed by atoms with van der Waals surface area (Å²) in [7, 11) is 0. The quantitative estimate of drug-likeness (QED) is 0.510. The maximum absolute atomic E-state index is 11.7. The van der Waals surface area contributed by atoms with Crippen LogP contribution in [0.5, 0.6) is 11.5 Å². The van der Waals surface area contributed by atoms with Crippen molar-refractivity contribution in [2.45, 2.75) is 65.2 Å². The van der Waals surface area contributed by atoms with Gasteiger partial charge < -0.3 is 9.47 Å². The van der Waals surface area contributed by atoms with E-state index in [-0.39, 0.29) is 0 Å². The van der Waals surface area contributed by atoms with E-state index in [2.05, 4.69) is 32.9 Å². The monoisotopic (exact) mass is 386 g/mol. The van der Waals surface area contributed by atoms with Crippen LogP contribution in [-0.4, -0.2) is 11.9 Å². The van der Waals surface area contributed by atoms with Crippen molar-refractivity contribution >= 4 is 23.7 Å². The number of hydrogen-bond acceptors (Lipinski definition) is 5. The lowest BCUT2D eigenvalue weighted by Gasteiger charge is -2.21. The fourth-order valence-corrected chi connectivity index (χ4v) is 4.24. The van der Waals surface area contributed by atoms with Gasteiger partial charge in [-0.3, -0.25) is 9.59 Å². The highest BCUT2D eigenvalue weighted by molar-refractivity contribution is 7.99. The Morgan fingerprint density at radius 3 is 1.67 bits per heavy atom. The predicted octanol–water partition coefficient (Wildman–Crippen LogP) is 5.54. The van der Waals surface area contributed by atoms with Crippen molar-refractivity contribution in [3.05, 3.63) is 45.5 Å². The van der Waals surface area contributed by atoms with Gasteiger partial charge in [0.2, 0.25) is 0 Å². The van der Waals surface area contributed by atoms with Crippen LogP contribution in [0.2, 0.25) is 0 Å². The van der Waals surface area contributed by atoms with E-state index in [0.29, 0.717) is 11.5 Å². The van der Waals surface area contributed by atoms with Gasteiger partial charge in [-0.05, 0) is 69.4 Å². The molecule has 5 heteroatoms. The lowest BCUT2D eigenvalue weighted by atomic mass is 10.0. The van der Waals surface area contributed by atoms with Gasteiger partial charge in [-0.2, -0.15) is 0 Å². The summed E-state index contributed by atoms with van der Waals surface area (Å²) in [5, 5.41) is 0. The van der Waals surface area contributed by atoms with Crippen LogP contribution in [0.1, 0.15) is 47.2 Å². The Kier molecular flexibility index (Phi) is 6.37. The maximum atomic E-state index is 11.7. The molecule has 0 spiro atoms. The van der Waals surface area contributed by atoms with E-state index in [9.17, 15) is 9.59 Å². The summed E-state index contributed by atoms with van der Waals surface area (Å²) in [6, 6.07) is 4.23. The normalized spacial score (nSPS) is 10.7. The zero-order valence-electron chi connectivity index (χ0n) is 17.2. The van der Waals surface area contributed by atoms with E-state index in [1.165, 1.54) is 35.4 Å². The summed E-state index contributed by atoms with van der Waals surface area (Å²) < 4.78 is 10.8. The standard InChI is InChI=1S/C22H26O4S/c1-11-9-10-12(2)21(13(11)3)27-22-15(5)14(4)19(25-17(7)23)20(16(22)6)26-18(8)24/h9-10H,1-8H3. The number of carbonyl (C=O) groups is 2. The Labute approximate surface area is 165 Å². The highest BCUT2D eigenvalue weighted by Gasteiger charge is 2.23. The molecule has 0 saturated carbocycles.